The van der Waals surface area contributed by atoms with Crippen molar-refractivity contribution >= 4 is 45.7 Å². The second-order valence-electron chi connectivity index (χ2n) is 20.4. The van der Waals surface area contributed by atoms with Crippen LogP contribution in [0.4, 0.5) is 22.7 Å². The molecule has 2 N–H and O–H groups in total. The van der Waals surface area contributed by atoms with Crippen molar-refractivity contribution in [1.29, 1.82) is 0 Å². The molecule has 2 saturated heterocycles. The Labute approximate surface area is 419 Å². The van der Waals surface area contributed by atoms with E-state index in [-0.39, 0.29) is 23.9 Å². The average Bonchev–Trinajstić information content (AvgIpc) is 3.98. The number of nitrogens with zero attached hydrogens (tertiary/aromatic N) is 6. The van der Waals surface area contributed by atoms with Gasteiger partial charge < -0.3 is 59.0 Å². The average molecular weight is 963 g/mol. The van der Waals surface area contributed by atoms with Crippen LogP contribution in [-0.4, -0.2) is 149 Å². The lowest BCUT2D eigenvalue weighted by Gasteiger charge is -2.34. The van der Waals surface area contributed by atoms with E-state index in [1.165, 1.54) is 22.5 Å². The van der Waals surface area contributed by atoms with Crippen LogP contribution in [0.25, 0.3) is 11.1 Å². The molecular formula is C57H70N8O6. The maximum atomic E-state index is 14.4. The number of benzene rings is 4. The quantitative estimate of drug-likeness (QED) is 0.205. The lowest BCUT2D eigenvalue weighted by Crippen LogP contribution is -2.44. The number of anilines is 4. The van der Waals surface area contributed by atoms with Crippen LogP contribution in [0.3, 0.4) is 0 Å². The molecule has 374 valence electrons. The molecule has 0 radical (unpaired) electrons. The molecule has 7 heterocycles. The highest BCUT2D eigenvalue weighted by molar-refractivity contribution is 6.04. The summed E-state index contributed by atoms with van der Waals surface area (Å²) in [5, 5.41) is 7.21. The molecule has 2 amide bonds. The van der Waals surface area contributed by atoms with Gasteiger partial charge in [0.15, 0.2) is 23.0 Å². The zero-order valence-electron chi connectivity index (χ0n) is 41.6. The third-order valence-corrected chi connectivity index (χ3v) is 15.5. The Balaban J connectivity index is 0.760. The molecule has 0 aromatic heterocycles. The summed E-state index contributed by atoms with van der Waals surface area (Å²) >= 11 is 0. The summed E-state index contributed by atoms with van der Waals surface area (Å²) < 4.78 is 25.8. The van der Waals surface area contributed by atoms with E-state index in [9.17, 15) is 9.59 Å². The van der Waals surface area contributed by atoms with Crippen molar-refractivity contribution in [3.63, 3.8) is 0 Å². The van der Waals surface area contributed by atoms with E-state index in [2.05, 4.69) is 105 Å². The second kappa shape index (κ2) is 21.1. The van der Waals surface area contributed by atoms with Crippen molar-refractivity contribution in [2.75, 3.05) is 126 Å². The number of piperazine rings is 2. The molecule has 4 aromatic carbocycles. The number of likely N-dealkylation sites (N-methyl/N-ethyl adjacent to an activating group) is 2. The highest BCUT2D eigenvalue weighted by Crippen LogP contribution is 2.42. The minimum Gasteiger partial charge on any atom is -0.490 e. The SMILES string of the molecule is CN1CCN(c2ccc(C3=CN4C(=O)c5cc6c(cc5NC[C@@H]4C3)OCCCOc3cc4c(cc3OCCCCCCCCO6)C(=O)N3C=C(c5ccc(N6CCN(C)CC6)cc5)C[C@H]3CN4)cc2)CC1. The van der Waals surface area contributed by atoms with Crippen LogP contribution >= 0.6 is 0 Å². The standard InChI is InChI=1S/C57H70N8O6/c1-60-18-22-62(23-19-60)44-14-10-40(11-15-44)42-30-46-36-58-50-34-54-52(32-48(50)56(66)64(46)38-42)68-26-7-5-3-4-6-8-27-69-53-33-49-51(35-55(53)71-29-9-28-70-54)59-37-47-31-43(39-65(47)57(49)67)41-12-16-45(17-13-41)63-24-20-61(2)21-25-63/h10-17,32-35,38-39,46-47,58-59H,3-9,18-31,36-37H2,1-2H3/t46-,47-/m0/s1. The Morgan fingerprint density at radius 1 is 0.451 bits per heavy atom. The first kappa shape index (κ1) is 47.0. The fourth-order valence-corrected chi connectivity index (χ4v) is 11.1. The van der Waals surface area contributed by atoms with Crippen LogP contribution in [-0.2, 0) is 0 Å². The van der Waals surface area contributed by atoms with Crippen LogP contribution < -0.4 is 39.4 Å². The highest BCUT2D eigenvalue weighted by Gasteiger charge is 2.37. The summed E-state index contributed by atoms with van der Waals surface area (Å²) in [4.78, 5) is 42.2. The van der Waals surface area contributed by atoms with Gasteiger partial charge in [0.1, 0.15) is 0 Å². The Bertz CT molecular complexity index is 2440. The zero-order chi connectivity index (χ0) is 48.3. The van der Waals surface area contributed by atoms with Gasteiger partial charge in [-0.25, -0.2) is 0 Å². The molecule has 11 rings (SSSR count). The minimum absolute atomic E-state index is 0.00186. The van der Waals surface area contributed by atoms with Crippen molar-refractivity contribution in [2.45, 2.75) is 69.9 Å². The van der Waals surface area contributed by atoms with Gasteiger partial charge in [0.2, 0.25) is 0 Å². The Hall–Kier alpha value is -6.38. The topological polar surface area (TPSA) is 115 Å². The van der Waals surface area contributed by atoms with E-state index in [1.54, 1.807) is 0 Å². The fourth-order valence-electron chi connectivity index (χ4n) is 11.1. The van der Waals surface area contributed by atoms with Crippen molar-refractivity contribution in [2.24, 2.45) is 0 Å². The van der Waals surface area contributed by atoms with Gasteiger partial charge in [0.25, 0.3) is 11.8 Å². The van der Waals surface area contributed by atoms with Gasteiger partial charge in [0, 0.05) is 108 Å². The molecule has 7 aliphatic heterocycles. The van der Waals surface area contributed by atoms with Crippen LogP contribution in [0.2, 0.25) is 0 Å². The van der Waals surface area contributed by atoms with Crippen molar-refractivity contribution in [3.8, 4) is 23.0 Å². The molecule has 71 heavy (non-hydrogen) atoms. The van der Waals surface area contributed by atoms with E-state index in [0.29, 0.717) is 80.1 Å². The Morgan fingerprint density at radius 2 is 0.817 bits per heavy atom. The summed E-state index contributed by atoms with van der Waals surface area (Å²) in [6.45, 7) is 11.5. The van der Waals surface area contributed by atoms with Gasteiger partial charge in [-0.3, -0.25) is 9.59 Å². The summed E-state index contributed by atoms with van der Waals surface area (Å²) in [5.41, 5.74) is 9.85. The first-order chi connectivity index (χ1) is 34.8. The maximum absolute atomic E-state index is 14.4. The molecule has 14 nitrogen and oxygen atoms in total. The largest absolute Gasteiger partial charge is 0.490 e. The smallest absolute Gasteiger partial charge is 0.260 e. The molecule has 0 bridgehead atoms. The predicted octanol–water partition coefficient (Wildman–Crippen LogP) is 8.51. The first-order valence-corrected chi connectivity index (χ1v) is 26.3. The van der Waals surface area contributed by atoms with Crippen LogP contribution in [0.5, 0.6) is 23.0 Å². The van der Waals surface area contributed by atoms with Gasteiger partial charge in [-0.1, -0.05) is 49.9 Å². The highest BCUT2D eigenvalue weighted by atomic mass is 16.5. The molecule has 2 atom stereocenters. The molecule has 0 saturated carbocycles. The lowest BCUT2D eigenvalue weighted by molar-refractivity contribution is 0.0788. The second-order valence-corrected chi connectivity index (χ2v) is 20.4. The number of ether oxygens (including phenoxy) is 4. The Kier molecular flexibility index (Phi) is 14.0. The summed E-state index contributed by atoms with van der Waals surface area (Å²) in [5.74, 6) is 2.31. The number of carbonyl (C=O) groups is 2. The third kappa shape index (κ3) is 10.4. The van der Waals surface area contributed by atoms with Gasteiger partial charge in [-0.15, -0.1) is 0 Å². The molecule has 2 fully saturated rings. The number of carbonyl (C=O) groups excluding carboxylic acids is 2. The van der Waals surface area contributed by atoms with E-state index in [4.69, 9.17) is 18.9 Å². The van der Waals surface area contributed by atoms with Gasteiger partial charge in [-0.2, -0.15) is 0 Å². The fraction of sp³-hybridized carbons (Fsp3) is 0.474. The summed E-state index contributed by atoms with van der Waals surface area (Å²) in [7, 11) is 4.36. The van der Waals surface area contributed by atoms with Crippen molar-refractivity contribution in [3.05, 3.63) is 107 Å². The van der Waals surface area contributed by atoms with Crippen LogP contribution in [0.1, 0.15) is 89.6 Å². The predicted molar refractivity (Wildman–Crippen MR) is 282 cm³/mol. The molecular weight excluding hydrogens is 893 g/mol. The normalized spacial score (nSPS) is 22.7. The summed E-state index contributed by atoms with van der Waals surface area (Å²) in [6.07, 6.45) is 12.3. The molecule has 0 spiro atoms. The van der Waals surface area contributed by atoms with E-state index < -0.39 is 0 Å². The number of amides is 2. The first-order valence-electron chi connectivity index (χ1n) is 26.3. The number of fused-ring (bicyclic) bond motifs is 6. The third-order valence-electron chi connectivity index (χ3n) is 15.5. The van der Waals surface area contributed by atoms with Gasteiger partial charge >= 0.3 is 0 Å². The zero-order valence-corrected chi connectivity index (χ0v) is 41.6. The van der Waals surface area contributed by atoms with E-state index in [1.807, 2.05) is 34.1 Å². The molecule has 4 aromatic rings. The van der Waals surface area contributed by atoms with Gasteiger partial charge in [-0.05, 0) is 98.4 Å². The van der Waals surface area contributed by atoms with Crippen molar-refractivity contribution in [1.82, 2.24) is 19.6 Å². The Morgan fingerprint density at radius 3 is 1.23 bits per heavy atom. The van der Waals surface area contributed by atoms with E-state index >= 15 is 0 Å². The summed E-state index contributed by atoms with van der Waals surface area (Å²) in [6, 6.07) is 25.3. The number of rotatable bonds is 4. The molecule has 7 aliphatic rings. The number of hydrogen-bond donors (Lipinski definition) is 2. The van der Waals surface area contributed by atoms with Crippen molar-refractivity contribution < 1.29 is 28.5 Å². The molecule has 0 aliphatic carbocycles. The maximum Gasteiger partial charge on any atom is 0.260 e. The number of nitrogens with one attached hydrogen (secondary N) is 2. The number of hydrogen-bond acceptors (Lipinski definition) is 12. The lowest BCUT2D eigenvalue weighted by atomic mass is 10.0. The van der Waals surface area contributed by atoms with Gasteiger partial charge in [0.05, 0.1) is 61.0 Å². The monoisotopic (exact) mass is 963 g/mol. The van der Waals surface area contributed by atoms with Crippen LogP contribution in [0, 0.1) is 0 Å². The minimum atomic E-state index is -0.0339. The molecule has 0 unspecified atom stereocenters. The van der Waals surface area contributed by atoms with E-state index in [0.717, 1.165) is 126 Å². The molecule has 14 heteroatoms. The van der Waals surface area contributed by atoms with Crippen LogP contribution in [0.15, 0.2) is 85.2 Å².